The summed E-state index contributed by atoms with van der Waals surface area (Å²) in [6.07, 6.45) is 1.69. The van der Waals surface area contributed by atoms with Crippen molar-refractivity contribution in [1.29, 1.82) is 0 Å². The monoisotopic (exact) mass is 393 g/mol. The molecule has 0 bridgehead atoms. The topological polar surface area (TPSA) is 70.0 Å². The number of imide groups is 1. The first-order valence-electron chi connectivity index (χ1n) is 9.04. The maximum atomic E-state index is 13.4. The lowest BCUT2D eigenvalue weighted by Gasteiger charge is -2.33. The highest BCUT2D eigenvalue weighted by Gasteiger charge is 2.64. The molecule has 0 aromatic heterocycles. The van der Waals surface area contributed by atoms with E-state index in [0.717, 1.165) is 11.1 Å². The number of ketones is 1. The lowest BCUT2D eigenvalue weighted by Crippen LogP contribution is -2.43. The summed E-state index contributed by atoms with van der Waals surface area (Å²) >= 11 is 5.94. The molecule has 3 aliphatic rings. The zero-order chi connectivity index (χ0) is 19.6. The smallest absolute Gasteiger partial charge is 0.240 e. The molecule has 2 fully saturated rings. The Hall–Kier alpha value is -2.99. The molecule has 4 atom stereocenters. The van der Waals surface area contributed by atoms with Gasteiger partial charge in [0.2, 0.25) is 11.8 Å². The second-order valence-electron chi connectivity index (χ2n) is 7.29. The van der Waals surface area contributed by atoms with E-state index in [1.54, 1.807) is 35.5 Å². The van der Waals surface area contributed by atoms with E-state index in [0.29, 0.717) is 10.7 Å². The Morgan fingerprint density at radius 2 is 1.68 bits per heavy atom. The fraction of sp³-hybridized carbons (Fsp3) is 0.238. The van der Waals surface area contributed by atoms with Crippen LogP contribution in [0.3, 0.4) is 0 Å². The van der Waals surface area contributed by atoms with Gasteiger partial charge < -0.3 is 0 Å². The number of hydrogen-bond donors (Lipinski definition) is 0. The van der Waals surface area contributed by atoms with Crippen LogP contribution in [-0.4, -0.2) is 34.9 Å². The van der Waals surface area contributed by atoms with Gasteiger partial charge in [-0.3, -0.25) is 19.4 Å². The van der Waals surface area contributed by atoms with Crippen LogP contribution in [0.5, 0.6) is 0 Å². The maximum Gasteiger partial charge on any atom is 0.240 e. The predicted octanol–water partition coefficient (Wildman–Crippen LogP) is 2.81. The molecule has 140 valence electrons. The van der Waals surface area contributed by atoms with Crippen LogP contribution in [0.15, 0.2) is 53.6 Å². The van der Waals surface area contributed by atoms with Crippen LogP contribution in [0.25, 0.3) is 0 Å². The van der Waals surface area contributed by atoms with E-state index in [4.69, 9.17) is 11.6 Å². The first-order chi connectivity index (χ1) is 13.5. The van der Waals surface area contributed by atoms with Crippen LogP contribution in [0.2, 0.25) is 5.02 Å². The Balaban J connectivity index is 1.65. The van der Waals surface area contributed by atoms with Crippen molar-refractivity contribution in [1.82, 2.24) is 5.01 Å². The molecule has 3 heterocycles. The number of benzene rings is 2. The van der Waals surface area contributed by atoms with E-state index < -0.39 is 23.9 Å². The summed E-state index contributed by atoms with van der Waals surface area (Å²) in [6, 6.07) is 13.0. The van der Waals surface area contributed by atoms with E-state index in [1.807, 2.05) is 24.3 Å². The lowest BCUT2D eigenvalue weighted by molar-refractivity contribution is -0.129. The summed E-state index contributed by atoms with van der Waals surface area (Å²) < 4.78 is 0. The van der Waals surface area contributed by atoms with Crippen LogP contribution in [0, 0.1) is 11.8 Å². The molecule has 2 aromatic rings. The number of amides is 2. The summed E-state index contributed by atoms with van der Waals surface area (Å²) in [5.74, 6) is -2.25. The average Bonchev–Trinajstić information content (AvgIpc) is 3.16. The second kappa shape index (κ2) is 6.01. The number of hydrogen-bond acceptors (Lipinski definition) is 5. The molecule has 7 heteroatoms. The molecule has 2 amide bonds. The van der Waals surface area contributed by atoms with E-state index in [1.165, 1.54) is 11.8 Å². The molecule has 2 aromatic carbocycles. The molecule has 5 rings (SSSR count). The molecule has 0 N–H and O–H groups in total. The SMILES string of the molecule is CC(=O)[C@@H]1[C@H]2C(=O)N(c3ccc(Cl)cc3)C(=O)[C@H]2[C@H]2c3ccccc3C=NN12. The third-order valence-corrected chi connectivity index (χ3v) is 6.05. The van der Waals surface area contributed by atoms with Crippen LogP contribution in [0.4, 0.5) is 5.69 Å². The molecular formula is C21H16ClN3O3. The number of Topliss-reactive ketones (excluding diaryl/α,β-unsaturated/α-hetero) is 1. The maximum absolute atomic E-state index is 13.4. The van der Waals surface area contributed by atoms with Gasteiger partial charge in [0.1, 0.15) is 6.04 Å². The molecule has 28 heavy (non-hydrogen) atoms. The number of carbonyl (C=O) groups excluding carboxylic acids is 3. The Morgan fingerprint density at radius 3 is 2.39 bits per heavy atom. The van der Waals surface area contributed by atoms with Crippen molar-refractivity contribution < 1.29 is 14.4 Å². The largest absolute Gasteiger partial charge is 0.298 e. The van der Waals surface area contributed by atoms with Gasteiger partial charge in [-0.05, 0) is 42.3 Å². The van der Waals surface area contributed by atoms with E-state index in [2.05, 4.69) is 5.10 Å². The average molecular weight is 394 g/mol. The van der Waals surface area contributed by atoms with Crippen LogP contribution in [0.1, 0.15) is 24.1 Å². The second-order valence-corrected chi connectivity index (χ2v) is 7.73. The number of hydrazone groups is 1. The molecular weight excluding hydrogens is 378 g/mol. The van der Waals surface area contributed by atoms with Gasteiger partial charge in [-0.25, -0.2) is 4.90 Å². The van der Waals surface area contributed by atoms with Gasteiger partial charge in [-0.2, -0.15) is 5.10 Å². The standard InChI is InChI=1S/C21H16ClN3O3/c1-11(26)18-16-17(19-15-5-3-2-4-12(15)10-23-25(18)19)21(28)24(20(16)27)14-8-6-13(22)7-9-14/h2-10,16-19H,1H3/t16-,17+,18+,19+/m0/s1. The van der Waals surface area contributed by atoms with Crippen molar-refractivity contribution in [2.75, 3.05) is 4.90 Å². The Bertz CT molecular complexity index is 1050. The minimum absolute atomic E-state index is 0.173. The molecule has 0 aliphatic carbocycles. The number of anilines is 1. The quantitative estimate of drug-likeness (QED) is 0.736. The Morgan fingerprint density at radius 1 is 1.00 bits per heavy atom. The predicted molar refractivity (Wildman–Crippen MR) is 104 cm³/mol. The number of fused-ring (bicyclic) bond motifs is 5. The van der Waals surface area contributed by atoms with Crippen molar-refractivity contribution in [3.63, 3.8) is 0 Å². The van der Waals surface area contributed by atoms with Crippen molar-refractivity contribution in [2.24, 2.45) is 16.9 Å². The van der Waals surface area contributed by atoms with Gasteiger partial charge in [0.25, 0.3) is 0 Å². The van der Waals surface area contributed by atoms with Gasteiger partial charge in [0.15, 0.2) is 5.78 Å². The van der Waals surface area contributed by atoms with Crippen molar-refractivity contribution >= 4 is 41.1 Å². The number of rotatable bonds is 2. The lowest BCUT2D eigenvalue weighted by atomic mass is 9.84. The summed E-state index contributed by atoms with van der Waals surface area (Å²) in [5, 5.41) is 6.61. The van der Waals surface area contributed by atoms with Gasteiger partial charge in [-0.15, -0.1) is 0 Å². The summed E-state index contributed by atoms with van der Waals surface area (Å²) in [5.41, 5.74) is 2.28. The van der Waals surface area contributed by atoms with Gasteiger partial charge in [0, 0.05) is 5.02 Å². The van der Waals surface area contributed by atoms with Gasteiger partial charge in [-0.1, -0.05) is 35.9 Å². The van der Waals surface area contributed by atoms with Crippen molar-refractivity contribution in [3.05, 3.63) is 64.7 Å². The minimum atomic E-state index is -0.756. The molecule has 0 unspecified atom stereocenters. The Kier molecular flexibility index (Phi) is 3.67. The normalized spacial score (nSPS) is 27.6. The molecule has 6 nitrogen and oxygen atoms in total. The molecule has 3 aliphatic heterocycles. The molecule has 0 saturated carbocycles. The third-order valence-electron chi connectivity index (χ3n) is 5.79. The first kappa shape index (κ1) is 17.1. The summed E-state index contributed by atoms with van der Waals surface area (Å²) in [7, 11) is 0. The molecule has 0 radical (unpaired) electrons. The van der Waals surface area contributed by atoms with Crippen LogP contribution >= 0.6 is 11.6 Å². The first-order valence-corrected chi connectivity index (χ1v) is 9.42. The zero-order valence-electron chi connectivity index (χ0n) is 14.9. The zero-order valence-corrected chi connectivity index (χ0v) is 15.7. The van der Waals surface area contributed by atoms with Crippen LogP contribution in [-0.2, 0) is 14.4 Å². The minimum Gasteiger partial charge on any atom is -0.298 e. The van der Waals surface area contributed by atoms with Gasteiger partial charge in [0.05, 0.1) is 29.8 Å². The van der Waals surface area contributed by atoms with Crippen molar-refractivity contribution in [3.8, 4) is 0 Å². The van der Waals surface area contributed by atoms with E-state index >= 15 is 0 Å². The van der Waals surface area contributed by atoms with E-state index in [9.17, 15) is 14.4 Å². The van der Waals surface area contributed by atoms with E-state index in [-0.39, 0.29) is 17.6 Å². The van der Waals surface area contributed by atoms with Crippen molar-refractivity contribution in [2.45, 2.75) is 19.0 Å². The highest BCUT2D eigenvalue weighted by atomic mass is 35.5. The van der Waals surface area contributed by atoms with Crippen LogP contribution < -0.4 is 4.90 Å². The number of carbonyl (C=O) groups is 3. The third kappa shape index (κ3) is 2.21. The number of nitrogens with zero attached hydrogens (tertiary/aromatic N) is 3. The fourth-order valence-electron chi connectivity index (χ4n) is 4.67. The summed E-state index contributed by atoms with van der Waals surface area (Å²) in [4.78, 5) is 40.4. The fourth-order valence-corrected chi connectivity index (χ4v) is 4.80. The highest BCUT2D eigenvalue weighted by Crippen LogP contribution is 2.52. The highest BCUT2D eigenvalue weighted by molar-refractivity contribution is 6.31. The Labute approximate surface area is 166 Å². The molecule has 2 saturated heterocycles. The van der Waals surface area contributed by atoms with Gasteiger partial charge >= 0.3 is 0 Å². The summed E-state index contributed by atoms with van der Waals surface area (Å²) in [6.45, 7) is 1.45. The molecule has 0 spiro atoms. The number of halogens is 1.